The van der Waals surface area contributed by atoms with E-state index in [1.54, 1.807) is 4.52 Å². The Morgan fingerprint density at radius 3 is 2.84 bits per heavy atom. The number of rotatable bonds is 5. The molecule has 0 fully saturated rings. The van der Waals surface area contributed by atoms with Crippen LogP contribution in [0.5, 0.6) is 0 Å². The third-order valence-electron chi connectivity index (χ3n) is 2.95. The van der Waals surface area contributed by atoms with Crippen molar-refractivity contribution in [1.82, 2.24) is 14.6 Å². The summed E-state index contributed by atoms with van der Waals surface area (Å²) < 4.78 is 1.74. The lowest BCUT2D eigenvalue weighted by atomic mass is 9.94. The van der Waals surface area contributed by atoms with Gasteiger partial charge in [0.25, 0.3) is 0 Å². The van der Waals surface area contributed by atoms with Crippen LogP contribution < -0.4 is 5.32 Å². The molecule has 2 aromatic rings. The van der Waals surface area contributed by atoms with Gasteiger partial charge in [0.05, 0.1) is 5.60 Å². The highest BCUT2D eigenvalue weighted by molar-refractivity contribution is 5.44. The number of hydrogen-bond donors (Lipinski definition) is 2. The minimum atomic E-state index is -0.748. The molecule has 104 valence electrons. The third-order valence-corrected chi connectivity index (χ3v) is 2.95. The van der Waals surface area contributed by atoms with Crippen LogP contribution in [0, 0.1) is 12.8 Å². The number of nitrogens with zero attached hydrogens (tertiary/aromatic N) is 3. The number of nitrogens with one attached hydrogen (secondary N) is 1. The maximum atomic E-state index is 10.2. The first-order valence-corrected chi connectivity index (χ1v) is 6.65. The van der Waals surface area contributed by atoms with E-state index in [1.165, 1.54) is 0 Å². The van der Waals surface area contributed by atoms with Crippen LogP contribution in [0.15, 0.2) is 18.3 Å². The van der Waals surface area contributed by atoms with Gasteiger partial charge in [0.15, 0.2) is 5.65 Å². The zero-order valence-electron chi connectivity index (χ0n) is 12.0. The molecule has 0 saturated carbocycles. The molecule has 0 bridgehead atoms. The maximum absolute atomic E-state index is 10.2. The van der Waals surface area contributed by atoms with Gasteiger partial charge < -0.3 is 10.4 Å². The summed E-state index contributed by atoms with van der Waals surface area (Å²) in [4.78, 5) is 4.37. The first-order chi connectivity index (χ1) is 8.85. The summed E-state index contributed by atoms with van der Waals surface area (Å²) >= 11 is 0. The van der Waals surface area contributed by atoms with Crippen LogP contribution in [0.2, 0.25) is 0 Å². The highest BCUT2D eigenvalue weighted by Crippen LogP contribution is 2.17. The number of aryl methyl sites for hydroxylation is 1. The molecule has 2 rings (SSSR count). The van der Waals surface area contributed by atoms with Gasteiger partial charge in [0.1, 0.15) is 0 Å². The van der Waals surface area contributed by atoms with Crippen LogP contribution in [0.3, 0.4) is 0 Å². The number of fused-ring (bicyclic) bond motifs is 1. The van der Waals surface area contributed by atoms with E-state index in [-0.39, 0.29) is 0 Å². The van der Waals surface area contributed by atoms with E-state index < -0.39 is 5.60 Å². The number of hydrogen-bond acceptors (Lipinski definition) is 4. The fourth-order valence-electron chi connectivity index (χ4n) is 2.28. The third kappa shape index (κ3) is 3.67. The van der Waals surface area contributed by atoms with E-state index in [4.69, 9.17) is 0 Å². The summed E-state index contributed by atoms with van der Waals surface area (Å²) in [6, 6.07) is 3.93. The van der Waals surface area contributed by atoms with Crippen LogP contribution in [-0.4, -0.2) is 31.9 Å². The molecule has 0 aliphatic heterocycles. The van der Waals surface area contributed by atoms with Gasteiger partial charge in [-0.2, -0.15) is 4.98 Å². The average Bonchev–Trinajstić information content (AvgIpc) is 2.66. The van der Waals surface area contributed by atoms with Gasteiger partial charge in [-0.25, -0.2) is 4.52 Å². The molecule has 0 amide bonds. The summed E-state index contributed by atoms with van der Waals surface area (Å²) in [5.74, 6) is 1.00. The van der Waals surface area contributed by atoms with Crippen molar-refractivity contribution in [3.63, 3.8) is 0 Å². The van der Waals surface area contributed by atoms with Gasteiger partial charge in [-0.05, 0) is 37.8 Å². The lowest BCUT2D eigenvalue weighted by molar-refractivity contribution is 0.0514. The molecule has 2 heterocycles. The summed E-state index contributed by atoms with van der Waals surface area (Å²) in [5, 5.41) is 17.7. The van der Waals surface area contributed by atoms with E-state index in [9.17, 15) is 5.11 Å². The van der Waals surface area contributed by atoms with Gasteiger partial charge in [0.2, 0.25) is 5.95 Å². The lowest BCUT2D eigenvalue weighted by Gasteiger charge is -2.25. The van der Waals surface area contributed by atoms with E-state index in [0.29, 0.717) is 18.4 Å². The standard InChI is InChI=1S/C14H22N4O/c1-10(2)7-14(4,19)9-15-13-16-12-6-5-11(3)8-18(12)17-13/h5-6,8,10,19H,7,9H2,1-4H3,(H,15,17). The van der Waals surface area contributed by atoms with E-state index >= 15 is 0 Å². The van der Waals surface area contributed by atoms with Crippen molar-refractivity contribution in [3.8, 4) is 0 Å². The van der Waals surface area contributed by atoms with E-state index in [2.05, 4.69) is 29.2 Å². The minimum Gasteiger partial charge on any atom is -0.388 e. The van der Waals surface area contributed by atoms with Crippen molar-refractivity contribution >= 4 is 11.6 Å². The molecule has 0 spiro atoms. The fraction of sp³-hybridized carbons (Fsp3) is 0.571. The minimum absolute atomic E-state index is 0.445. The second-order valence-corrected chi connectivity index (χ2v) is 5.89. The molecule has 1 atom stereocenters. The molecule has 19 heavy (non-hydrogen) atoms. The first kappa shape index (κ1) is 13.8. The van der Waals surface area contributed by atoms with Crippen LogP contribution in [0.25, 0.3) is 5.65 Å². The number of aliphatic hydroxyl groups is 1. The molecule has 0 aromatic carbocycles. The van der Waals surface area contributed by atoms with Crippen LogP contribution in [-0.2, 0) is 0 Å². The number of pyridine rings is 1. The Morgan fingerprint density at radius 1 is 1.42 bits per heavy atom. The predicted molar refractivity (Wildman–Crippen MR) is 76.3 cm³/mol. The Morgan fingerprint density at radius 2 is 2.16 bits per heavy atom. The van der Waals surface area contributed by atoms with Gasteiger partial charge in [-0.1, -0.05) is 19.9 Å². The van der Waals surface area contributed by atoms with Crippen molar-refractivity contribution in [2.45, 2.75) is 39.7 Å². The number of anilines is 1. The molecule has 2 aromatic heterocycles. The van der Waals surface area contributed by atoms with Crippen LogP contribution >= 0.6 is 0 Å². The Hall–Kier alpha value is -1.62. The van der Waals surface area contributed by atoms with Crippen molar-refractivity contribution in [3.05, 3.63) is 23.9 Å². The number of aromatic nitrogens is 3. The van der Waals surface area contributed by atoms with Crippen LogP contribution in [0.4, 0.5) is 5.95 Å². The van der Waals surface area contributed by atoms with Crippen molar-refractivity contribution < 1.29 is 5.11 Å². The van der Waals surface area contributed by atoms with Gasteiger partial charge in [-0.15, -0.1) is 5.10 Å². The Labute approximate surface area is 113 Å². The average molecular weight is 262 g/mol. The quantitative estimate of drug-likeness (QED) is 0.867. The smallest absolute Gasteiger partial charge is 0.243 e. The van der Waals surface area contributed by atoms with Gasteiger partial charge in [0, 0.05) is 12.7 Å². The zero-order valence-corrected chi connectivity index (χ0v) is 12.0. The topological polar surface area (TPSA) is 62.5 Å². The molecule has 0 radical (unpaired) electrons. The normalized spacial score (nSPS) is 14.8. The largest absolute Gasteiger partial charge is 0.388 e. The first-order valence-electron chi connectivity index (χ1n) is 6.65. The van der Waals surface area contributed by atoms with Crippen LogP contribution in [0.1, 0.15) is 32.8 Å². The Kier molecular flexibility index (Phi) is 3.75. The highest BCUT2D eigenvalue weighted by Gasteiger charge is 2.22. The van der Waals surface area contributed by atoms with Crippen molar-refractivity contribution in [1.29, 1.82) is 0 Å². The molecule has 0 saturated heterocycles. The van der Waals surface area contributed by atoms with E-state index in [0.717, 1.165) is 17.6 Å². The van der Waals surface area contributed by atoms with E-state index in [1.807, 2.05) is 32.2 Å². The molecule has 1 unspecified atom stereocenters. The zero-order chi connectivity index (χ0) is 14.0. The monoisotopic (exact) mass is 262 g/mol. The molecule has 5 heteroatoms. The summed E-state index contributed by atoms with van der Waals surface area (Å²) in [6.07, 6.45) is 2.67. The fourth-order valence-corrected chi connectivity index (χ4v) is 2.28. The second-order valence-electron chi connectivity index (χ2n) is 5.89. The second kappa shape index (κ2) is 5.17. The molecule has 0 aliphatic rings. The lowest BCUT2D eigenvalue weighted by Crippen LogP contribution is -2.35. The Bertz CT molecular complexity index is 560. The van der Waals surface area contributed by atoms with Crippen molar-refractivity contribution in [2.75, 3.05) is 11.9 Å². The molecular formula is C14H22N4O. The summed E-state index contributed by atoms with van der Waals surface area (Å²) in [5.41, 5.74) is 1.19. The highest BCUT2D eigenvalue weighted by atomic mass is 16.3. The van der Waals surface area contributed by atoms with Gasteiger partial charge >= 0.3 is 0 Å². The molecule has 0 aliphatic carbocycles. The molecular weight excluding hydrogens is 240 g/mol. The van der Waals surface area contributed by atoms with Gasteiger partial charge in [-0.3, -0.25) is 0 Å². The molecule has 2 N–H and O–H groups in total. The SMILES string of the molecule is Cc1ccc2nc(NCC(C)(O)CC(C)C)nn2c1. The summed E-state index contributed by atoms with van der Waals surface area (Å²) in [6.45, 7) is 8.49. The summed E-state index contributed by atoms with van der Waals surface area (Å²) in [7, 11) is 0. The van der Waals surface area contributed by atoms with Crippen molar-refractivity contribution in [2.24, 2.45) is 5.92 Å². The predicted octanol–water partition coefficient (Wildman–Crippen LogP) is 2.25. The Balaban J connectivity index is 2.05. The maximum Gasteiger partial charge on any atom is 0.243 e. The molecule has 5 nitrogen and oxygen atoms in total.